The highest BCUT2D eigenvalue weighted by atomic mass is 35.5. The molecular weight excluding hydrogens is 340 g/mol. The molecule has 5 nitrogen and oxygen atoms in total. The SMILES string of the molecule is COc1ccc([C@@H]2Nc3c(Cl)cccc3[C@@H]3C=CC[C@H]32)cc1[N+](=O)[O-]. The summed E-state index contributed by atoms with van der Waals surface area (Å²) in [4.78, 5) is 11.0. The smallest absolute Gasteiger partial charge is 0.311 e. The molecule has 1 aliphatic heterocycles. The average molecular weight is 357 g/mol. The second kappa shape index (κ2) is 6.08. The van der Waals surface area contributed by atoms with E-state index < -0.39 is 4.92 Å². The number of hydrogen-bond acceptors (Lipinski definition) is 4. The lowest BCUT2D eigenvalue weighted by Crippen LogP contribution is -2.29. The van der Waals surface area contributed by atoms with Crippen LogP contribution in [-0.4, -0.2) is 12.0 Å². The molecule has 0 radical (unpaired) electrons. The van der Waals surface area contributed by atoms with Crippen molar-refractivity contribution >= 4 is 23.0 Å². The topological polar surface area (TPSA) is 64.4 Å². The van der Waals surface area contributed by atoms with Crippen LogP contribution in [0, 0.1) is 16.0 Å². The molecule has 2 aliphatic rings. The molecule has 0 fully saturated rings. The molecule has 0 saturated carbocycles. The molecule has 0 amide bonds. The van der Waals surface area contributed by atoms with Crippen molar-refractivity contribution in [1.29, 1.82) is 0 Å². The van der Waals surface area contributed by atoms with Crippen molar-refractivity contribution in [2.75, 3.05) is 12.4 Å². The molecular formula is C19H17ClN2O3. The van der Waals surface area contributed by atoms with Gasteiger partial charge in [-0.2, -0.15) is 0 Å². The Morgan fingerprint density at radius 1 is 1.32 bits per heavy atom. The quantitative estimate of drug-likeness (QED) is 0.473. The average Bonchev–Trinajstić information content (AvgIpc) is 3.11. The first-order chi connectivity index (χ1) is 12.1. The fraction of sp³-hybridized carbons (Fsp3) is 0.263. The van der Waals surface area contributed by atoms with Gasteiger partial charge in [-0.15, -0.1) is 0 Å². The summed E-state index contributed by atoms with van der Waals surface area (Å²) in [6.45, 7) is 0. The van der Waals surface area contributed by atoms with Gasteiger partial charge in [0.2, 0.25) is 0 Å². The largest absolute Gasteiger partial charge is 0.490 e. The number of nitrogens with zero attached hydrogens (tertiary/aromatic N) is 1. The number of benzene rings is 2. The first-order valence-electron chi connectivity index (χ1n) is 8.14. The molecule has 0 unspecified atom stereocenters. The van der Waals surface area contributed by atoms with Crippen LogP contribution in [0.25, 0.3) is 0 Å². The van der Waals surface area contributed by atoms with Gasteiger partial charge in [-0.3, -0.25) is 10.1 Å². The summed E-state index contributed by atoms with van der Waals surface area (Å²) in [5, 5.41) is 15.6. The van der Waals surface area contributed by atoms with Gasteiger partial charge in [0.25, 0.3) is 0 Å². The number of nitro benzene ring substituents is 1. The van der Waals surface area contributed by atoms with Crippen LogP contribution in [0.2, 0.25) is 5.02 Å². The van der Waals surface area contributed by atoms with Crippen LogP contribution in [0.1, 0.15) is 29.5 Å². The first kappa shape index (κ1) is 16.0. The zero-order chi connectivity index (χ0) is 17.6. The predicted molar refractivity (Wildman–Crippen MR) is 97.5 cm³/mol. The highest BCUT2D eigenvalue weighted by Crippen LogP contribution is 2.51. The number of para-hydroxylation sites is 1. The minimum atomic E-state index is -0.406. The van der Waals surface area contributed by atoms with Crippen molar-refractivity contribution in [2.45, 2.75) is 18.4 Å². The maximum absolute atomic E-state index is 11.4. The molecule has 3 atom stereocenters. The van der Waals surface area contributed by atoms with Gasteiger partial charge >= 0.3 is 5.69 Å². The lowest BCUT2D eigenvalue weighted by molar-refractivity contribution is -0.385. The van der Waals surface area contributed by atoms with E-state index in [9.17, 15) is 10.1 Å². The van der Waals surface area contributed by atoms with Crippen molar-refractivity contribution in [3.05, 3.63) is 74.8 Å². The molecule has 0 spiro atoms. The molecule has 1 aliphatic carbocycles. The highest BCUT2D eigenvalue weighted by Gasteiger charge is 2.39. The normalized spacial score (nSPS) is 23.5. The van der Waals surface area contributed by atoms with Gasteiger partial charge in [-0.1, -0.05) is 42.0 Å². The van der Waals surface area contributed by atoms with Crippen LogP contribution in [0.4, 0.5) is 11.4 Å². The Labute approximate surface area is 150 Å². The van der Waals surface area contributed by atoms with Crippen LogP contribution < -0.4 is 10.1 Å². The van der Waals surface area contributed by atoms with E-state index in [1.807, 2.05) is 18.2 Å². The monoisotopic (exact) mass is 356 g/mol. The minimum Gasteiger partial charge on any atom is -0.490 e. The van der Waals surface area contributed by atoms with E-state index in [2.05, 4.69) is 23.5 Å². The number of hydrogen-bond donors (Lipinski definition) is 1. The van der Waals surface area contributed by atoms with Crippen molar-refractivity contribution in [1.82, 2.24) is 0 Å². The van der Waals surface area contributed by atoms with E-state index in [0.717, 1.165) is 17.7 Å². The van der Waals surface area contributed by atoms with Gasteiger partial charge in [-0.05, 0) is 35.6 Å². The van der Waals surface area contributed by atoms with Crippen molar-refractivity contribution in [3.8, 4) is 5.75 Å². The highest BCUT2D eigenvalue weighted by molar-refractivity contribution is 6.33. The lowest BCUT2D eigenvalue weighted by atomic mass is 9.77. The summed E-state index contributed by atoms with van der Waals surface area (Å²) >= 11 is 6.40. The van der Waals surface area contributed by atoms with Gasteiger partial charge in [0.1, 0.15) is 0 Å². The van der Waals surface area contributed by atoms with Crippen LogP contribution in [0.15, 0.2) is 48.6 Å². The van der Waals surface area contributed by atoms with Crippen molar-refractivity contribution < 1.29 is 9.66 Å². The van der Waals surface area contributed by atoms with E-state index in [-0.39, 0.29) is 23.4 Å². The predicted octanol–water partition coefficient (Wildman–Crippen LogP) is 5.08. The van der Waals surface area contributed by atoms with E-state index in [1.165, 1.54) is 12.7 Å². The zero-order valence-electron chi connectivity index (χ0n) is 13.6. The summed E-state index contributed by atoms with van der Waals surface area (Å²) in [5.74, 6) is 0.837. The second-order valence-corrected chi connectivity index (χ2v) is 6.78. The van der Waals surface area contributed by atoms with Crippen molar-refractivity contribution in [2.24, 2.45) is 5.92 Å². The molecule has 4 rings (SSSR count). The number of halogens is 1. The molecule has 0 saturated heterocycles. The molecule has 1 N–H and O–H groups in total. The number of fused-ring (bicyclic) bond motifs is 3. The summed E-state index contributed by atoms with van der Waals surface area (Å²) in [6.07, 6.45) is 5.32. The minimum absolute atomic E-state index is 0.0192. The molecule has 1 heterocycles. The number of nitro groups is 1. The Hall–Kier alpha value is -2.53. The van der Waals surface area contributed by atoms with Gasteiger partial charge < -0.3 is 10.1 Å². The van der Waals surface area contributed by atoms with Gasteiger partial charge in [0, 0.05) is 12.0 Å². The Morgan fingerprint density at radius 2 is 2.16 bits per heavy atom. The third kappa shape index (κ3) is 2.55. The van der Waals surface area contributed by atoms with Gasteiger partial charge in [-0.25, -0.2) is 0 Å². The molecule has 6 heteroatoms. The summed E-state index contributed by atoms with van der Waals surface area (Å²) in [6, 6.07) is 11.0. The standard InChI is InChI=1S/C19H17ClN2O3/c1-25-17-9-8-11(10-16(17)22(23)24)18-13-5-2-4-12(13)14-6-3-7-15(20)19(14)21-18/h2-4,6-10,12-13,18,21H,5H2,1H3/t12-,13-,18+/m1/s1. The summed E-state index contributed by atoms with van der Waals surface area (Å²) in [7, 11) is 1.44. The lowest BCUT2D eigenvalue weighted by Gasteiger charge is -2.37. The summed E-state index contributed by atoms with van der Waals surface area (Å²) < 4.78 is 5.12. The number of methoxy groups -OCH3 is 1. The van der Waals surface area contributed by atoms with Crippen LogP contribution in [0.5, 0.6) is 5.75 Å². The van der Waals surface area contributed by atoms with Gasteiger partial charge in [0.15, 0.2) is 5.75 Å². The number of rotatable bonds is 3. The maximum atomic E-state index is 11.4. The van der Waals surface area contributed by atoms with Crippen LogP contribution >= 0.6 is 11.6 Å². The van der Waals surface area contributed by atoms with Crippen LogP contribution in [-0.2, 0) is 0 Å². The van der Waals surface area contributed by atoms with Gasteiger partial charge in [0.05, 0.1) is 28.8 Å². The van der Waals surface area contributed by atoms with E-state index in [4.69, 9.17) is 16.3 Å². The third-order valence-electron chi connectivity index (χ3n) is 5.10. The molecule has 0 aromatic heterocycles. The number of allylic oxidation sites excluding steroid dienone is 2. The first-order valence-corrected chi connectivity index (χ1v) is 8.52. The molecule has 0 bridgehead atoms. The Kier molecular flexibility index (Phi) is 3.88. The maximum Gasteiger partial charge on any atom is 0.311 e. The zero-order valence-corrected chi connectivity index (χ0v) is 14.4. The fourth-order valence-electron chi connectivity index (χ4n) is 3.96. The third-order valence-corrected chi connectivity index (χ3v) is 5.42. The van der Waals surface area contributed by atoms with E-state index >= 15 is 0 Å². The Balaban J connectivity index is 1.80. The molecule has 2 aromatic rings. The van der Waals surface area contributed by atoms with E-state index in [1.54, 1.807) is 12.1 Å². The summed E-state index contributed by atoms with van der Waals surface area (Å²) in [5.41, 5.74) is 2.96. The number of nitrogens with one attached hydrogen (secondary N) is 1. The Bertz CT molecular complexity index is 881. The Morgan fingerprint density at radius 3 is 2.92 bits per heavy atom. The van der Waals surface area contributed by atoms with Crippen molar-refractivity contribution in [3.63, 3.8) is 0 Å². The molecule has 2 aromatic carbocycles. The fourth-order valence-corrected chi connectivity index (χ4v) is 4.19. The van der Waals surface area contributed by atoms with E-state index in [0.29, 0.717) is 10.9 Å². The molecule has 128 valence electrons. The van der Waals surface area contributed by atoms with Crippen LogP contribution in [0.3, 0.4) is 0 Å². The number of ether oxygens (including phenoxy) is 1. The second-order valence-electron chi connectivity index (χ2n) is 6.37. The molecule has 25 heavy (non-hydrogen) atoms. The number of anilines is 1.